The second-order valence-electron chi connectivity index (χ2n) is 10.3. The highest BCUT2D eigenvalue weighted by Gasteiger charge is 2.37. The molecule has 3 amide bonds. The van der Waals surface area contributed by atoms with Crippen molar-refractivity contribution < 1.29 is 32.6 Å². The number of cyclic esters (lactones) is 1. The maximum absolute atomic E-state index is 14.7. The van der Waals surface area contributed by atoms with E-state index in [2.05, 4.69) is 20.4 Å². The molecule has 3 aromatic rings. The molecule has 0 saturated carbocycles. The average Bonchev–Trinajstić information content (AvgIpc) is 2.97. The number of nitrogens with one attached hydrogen (secondary N) is 2. The summed E-state index contributed by atoms with van der Waals surface area (Å²) in [5.41, 5.74) is 2.57. The zero-order chi connectivity index (χ0) is 30.0. The van der Waals surface area contributed by atoms with Crippen LogP contribution in [0.4, 0.5) is 29.7 Å². The third kappa shape index (κ3) is 6.01. The van der Waals surface area contributed by atoms with Gasteiger partial charge in [0.25, 0.3) is 0 Å². The molecule has 1 saturated heterocycles. The van der Waals surface area contributed by atoms with Crippen molar-refractivity contribution in [3.05, 3.63) is 76.6 Å². The van der Waals surface area contributed by atoms with Gasteiger partial charge in [-0.3, -0.25) is 20.0 Å². The molecule has 2 N–H and O–H groups in total. The van der Waals surface area contributed by atoms with E-state index in [0.29, 0.717) is 41.9 Å². The number of pyridine rings is 1. The Labute approximate surface area is 246 Å². The number of hydrogen-bond acceptors (Lipinski definition) is 6. The molecule has 3 heterocycles. The first-order valence-electron chi connectivity index (χ1n) is 13.5. The van der Waals surface area contributed by atoms with Crippen molar-refractivity contribution in [2.75, 3.05) is 24.3 Å². The molecule has 3 atom stereocenters. The zero-order valence-corrected chi connectivity index (χ0v) is 23.7. The lowest BCUT2D eigenvalue weighted by molar-refractivity contribution is -0.119. The van der Waals surface area contributed by atoms with Crippen LogP contribution in [0, 0.1) is 17.6 Å². The molecule has 2 aliphatic heterocycles. The normalized spacial score (nSPS) is 20.8. The van der Waals surface area contributed by atoms with Crippen molar-refractivity contribution in [1.82, 2.24) is 9.88 Å². The predicted octanol–water partition coefficient (Wildman–Crippen LogP) is 7.24. The molecule has 220 valence electrons. The molecule has 0 spiro atoms. The molecule has 1 fully saturated rings. The van der Waals surface area contributed by atoms with E-state index in [4.69, 9.17) is 16.3 Å². The van der Waals surface area contributed by atoms with Gasteiger partial charge in [0.1, 0.15) is 11.9 Å². The Balaban J connectivity index is 1.48. The van der Waals surface area contributed by atoms with Crippen LogP contribution in [0.15, 0.2) is 48.7 Å². The van der Waals surface area contributed by atoms with Gasteiger partial charge in [0, 0.05) is 36.3 Å². The highest BCUT2D eigenvalue weighted by Crippen LogP contribution is 2.39. The number of carbonyl (C=O) groups excluding carboxylic acids is 3. The number of rotatable bonds is 3. The Hall–Kier alpha value is -4.25. The second-order valence-corrected chi connectivity index (χ2v) is 10.7. The van der Waals surface area contributed by atoms with Gasteiger partial charge in [-0.2, -0.15) is 0 Å². The third-order valence-corrected chi connectivity index (χ3v) is 7.88. The van der Waals surface area contributed by atoms with Crippen molar-refractivity contribution in [2.24, 2.45) is 5.92 Å². The molecule has 42 heavy (non-hydrogen) atoms. The van der Waals surface area contributed by atoms with Gasteiger partial charge < -0.3 is 14.8 Å². The van der Waals surface area contributed by atoms with Crippen LogP contribution in [0.1, 0.15) is 56.0 Å². The van der Waals surface area contributed by atoms with Gasteiger partial charge in [0.2, 0.25) is 5.91 Å². The van der Waals surface area contributed by atoms with Gasteiger partial charge >= 0.3 is 12.2 Å². The summed E-state index contributed by atoms with van der Waals surface area (Å²) in [6, 6.07) is 10.4. The number of amides is 3. The quantitative estimate of drug-likeness (QED) is 0.308. The number of carbonyl (C=O) groups is 3. The summed E-state index contributed by atoms with van der Waals surface area (Å²) < 4.78 is 39.4. The molecule has 0 radical (unpaired) electrons. The Kier molecular flexibility index (Phi) is 8.58. The van der Waals surface area contributed by atoms with E-state index in [1.807, 2.05) is 13.0 Å². The lowest BCUT2D eigenvalue weighted by atomic mass is 9.94. The van der Waals surface area contributed by atoms with Crippen LogP contribution in [0.25, 0.3) is 11.1 Å². The number of methoxy groups -OCH3 is 1. The van der Waals surface area contributed by atoms with Gasteiger partial charge in [0.05, 0.1) is 35.1 Å². The molecule has 0 aliphatic carbocycles. The number of aromatic nitrogens is 1. The van der Waals surface area contributed by atoms with Crippen molar-refractivity contribution in [3.63, 3.8) is 0 Å². The SMILES string of the molecule is COC(=O)Nc1ccc2c(c1)NC(=O)[C@H](C)CCC[C@H](N1CC[C@@H](c3c(F)ccc(Cl)c3F)OC1=O)c1cc-2ccn1. The Morgan fingerprint density at radius 1 is 1.14 bits per heavy atom. The summed E-state index contributed by atoms with van der Waals surface area (Å²) in [7, 11) is 1.26. The fourth-order valence-electron chi connectivity index (χ4n) is 5.33. The van der Waals surface area contributed by atoms with Gasteiger partial charge in [0.15, 0.2) is 5.82 Å². The molecule has 5 rings (SSSR count). The van der Waals surface area contributed by atoms with Gasteiger partial charge in [-0.05, 0) is 54.8 Å². The van der Waals surface area contributed by atoms with E-state index in [1.54, 1.807) is 30.5 Å². The monoisotopic (exact) mass is 598 g/mol. The second kappa shape index (κ2) is 12.3. The van der Waals surface area contributed by atoms with Gasteiger partial charge in [-0.15, -0.1) is 0 Å². The number of fused-ring (bicyclic) bond motifs is 4. The average molecular weight is 599 g/mol. The minimum Gasteiger partial charge on any atom is -0.453 e. The molecule has 0 unspecified atom stereocenters. The molecular weight excluding hydrogens is 570 g/mol. The lowest BCUT2D eigenvalue weighted by Crippen LogP contribution is -2.42. The summed E-state index contributed by atoms with van der Waals surface area (Å²) in [6.45, 7) is 1.98. The lowest BCUT2D eigenvalue weighted by Gasteiger charge is -2.37. The molecule has 2 bridgehead atoms. The van der Waals surface area contributed by atoms with Gasteiger partial charge in [-0.1, -0.05) is 31.0 Å². The van der Waals surface area contributed by atoms with Crippen molar-refractivity contribution >= 4 is 41.1 Å². The number of ether oxygens (including phenoxy) is 2. The largest absolute Gasteiger partial charge is 0.453 e. The van der Waals surface area contributed by atoms with Crippen LogP contribution in [0.3, 0.4) is 0 Å². The summed E-state index contributed by atoms with van der Waals surface area (Å²) in [5, 5.41) is 5.33. The van der Waals surface area contributed by atoms with E-state index < -0.39 is 36.0 Å². The number of benzene rings is 2. The molecule has 12 heteroatoms. The zero-order valence-electron chi connectivity index (χ0n) is 23.0. The standard InChI is InChI=1S/C30H29ClF2N4O5/c1-16-4-3-5-24(37-13-11-25(42-30(37)40)26-21(32)9-8-20(31)27(26)33)23-14-17(10-12-34-23)19-7-6-18(35-29(39)41-2)15-22(19)36-28(16)38/h6-10,12,14-16,24-25H,3-5,11,13H2,1-2H3,(H,35,39)(H,36,38)/t16-,24+,25+/m1/s1. The van der Waals surface area contributed by atoms with Crippen LogP contribution in [-0.2, 0) is 14.3 Å². The number of halogens is 3. The number of anilines is 2. The summed E-state index contributed by atoms with van der Waals surface area (Å²) in [4.78, 5) is 44.3. The highest BCUT2D eigenvalue weighted by molar-refractivity contribution is 6.30. The van der Waals surface area contributed by atoms with Crippen LogP contribution < -0.4 is 10.6 Å². The predicted molar refractivity (Wildman–Crippen MR) is 152 cm³/mol. The molecular formula is C30H29ClF2N4O5. The summed E-state index contributed by atoms with van der Waals surface area (Å²) in [5.74, 6) is -2.32. The summed E-state index contributed by atoms with van der Waals surface area (Å²) in [6.07, 6.45) is 0.881. The Bertz CT molecular complexity index is 1540. The minimum absolute atomic E-state index is 0.147. The molecule has 1 aromatic heterocycles. The van der Waals surface area contributed by atoms with Crippen LogP contribution >= 0.6 is 11.6 Å². The van der Waals surface area contributed by atoms with Gasteiger partial charge in [-0.25, -0.2) is 18.4 Å². The summed E-state index contributed by atoms with van der Waals surface area (Å²) >= 11 is 5.86. The molecule has 2 aromatic carbocycles. The topological polar surface area (TPSA) is 110 Å². The van der Waals surface area contributed by atoms with Crippen LogP contribution in [-0.4, -0.2) is 41.6 Å². The van der Waals surface area contributed by atoms with E-state index in [0.717, 1.165) is 17.7 Å². The Morgan fingerprint density at radius 2 is 1.95 bits per heavy atom. The first-order valence-corrected chi connectivity index (χ1v) is 13.9. The fraction of sp³-hybridized carbons (Fsp3) is 0.333. The maximum atomic E-state index is 14.7. The van der Waals surface area contributed by atoms with E-state index in [9.17, 15) is 23.2 Å². The molecule has 2 aliphatic rings. The smallest absolute Gasteiger partial charge is 0.411 e. The first-order chi connectivity index (χ1) is 20.2. The first kappa shape index (κ1) is 29.2. The van der Waals surface area contributed by atoms with E-state index in [-0.39, 0.29) is 35.4 Å². The molecule has 9 nitrogen and oxygen atoms in total. The number of hydrogen-bond donors (Lipinski definition) is 2. The Morgan fingerprint density at radius 3 is 2.71 bits per heavy atom. The highest BCUT2D eigenvalue weighted by atomic mass is 35.5. The van der Waals surface area contributed by atoms with Crippen LogP contribution in [0.2, 0.25) is 5.02 Å². The third-order valence-electron chi connectivity index (χ3n) is 7.59. The fourth-order valence-corrected chi connectivity index (χ4v) is 5.50. The number of nitrogens with zero attached hydrogens (tertiary/aromatic N) is 2. The van der Waals surface area contributed by atoms with Crippen molar-refractivity contribution in [2.45, 2.75) is 44.8 Å². The van der Waals surface area contributed by atoms with Crippen LogP contribution in [0.5, 0.6) is 0 Å². The van der Waals surface area contributed by atoms with E-state index >= 15 is 0 Å². The van der Waals surface area contributed by atoms with E-state index in [1.165, 1.54) is 12.0 Å². The van der Waals surface area contributed by atoms with Crippen molar-refractivity contribution in [3.8, 4) is 11.1 Å². The minimum atomic E-state index is -1.12. The van der Waals surface area contributed by atoms with Crippen molar-refractivity contribution in [1.29, 1.82) is 0 Å². The maximum Gasteiger partial charge on any atom is 0.411 e.